The molecule has 0 aliphatic heterocycles. The quantitative estimate of drug-likeness (QED) is 0.317. The number of nitriles is 1. The lowest BCUT2D eigenvalue weighted by molar-refractivity contribution is 0.00827. The van der Waals surface area contributed by atoms with E-state index < -0.39 is 0 Å². The SMILES string of the molecule is CCCC(C)c1nc2c(N)nc3cc(Cc4ccc(CC#N)cc4)ccc3c2n1CC(C)(C)OC. The Labute approximate surface area is 207 Å². The van der Waals surface area contributed by atoms with Crippen molar-refractivity contribution in [3.05, 3.63) is 65.0 Å². The van der Waals surface area contributed by atoms with E-state index >= 15 is 0 Å². The molecule has 0 saturated heterocycles. The maximum Gasteiger partial charge on any atom is 0.152 e. The summed E-state index contributed by atoms with van der Waals surface area (Å²) in [7, 11) is 1.75. The van der Waals surface area contributed by atoms with Crippen molar-refractivity contribution >= 4 is 27.8 Å². The molecule has 2 heterocycles. The molecule has 6 heteroatoms. The molecule has 182 valence electrons. The van der Waals surface area contributed by atoms with E-state index in [2.05, 4.69) is 68.7 Å². The van der Waals surface area contributed by atoms with Gasteiger partial charge in [-0.1, -0.05) is 56.7 Å². The number of aromatic nitrogens is 3. The lowest BCUT2D eigenvalue weighted by Crippen LogP contribution is -2.30. The molecule has 0 radical (unpaired) electrons. The van der Waals surface area contributed by atoms with Gasteiger partial charge in [0.05, 0.1) is 35.7 Å². The van der Waals surface area contributed by atoms with Crippen LogP contribution in [0.25, 0.3) is 21.9 Å². The fourth-order valence-electron chi connectivity index (χ4n) is 4.73. The summed E-state index contributed by atoms with van der Waals surface area (Å²) in [6.45, 7) is 9.30. The summed E-state index contributed by atoms with van der Waals surface area (Å²) in [5.41, 5.74) is 12.2. The molecule has 2 N–H and O–H groups in total. The predicted octanol–water partition coefficient (Wildman–Crippen LogP) is 6.15. The first-order chi connectivity index (χ1) is 16.8. The van der Waals surface area contributed by atoms with Crippen LogP contribution in [0.3, 0.4) is 0 Å². The Kier molecular flexibility index (Phi) is 7.09. The number of nitrogens with zero attached hydrogens (tertiary/aromatic N) is 4. The van der Waals surface area contributed by atoms with E-state index in [-0.39, 0.29) is 5.60 Å². The highest BCUT2D eigenvalue weighted by atomic mass is 16.5. The summed E-state index contributed by atoms with van der Waals surface area (Å²) in [5.74, 6) is 1.80. The Morgan fingerprint density at radius 3 is 2.43 bits per heavy atom. The van der Waals surface area contributed by atoms with Crippen molar-refractivity contribution in [2.45, 2.75) is 71.4 Å². The number of ether oxygens (including phenoxy) is 1. The van der Waals surface area contributed by atoms with E-state index in [0.29, 0.717) is 24.7 Å². The zero-order valence-electron chi connectivity index (χ0n) is 21.4. The summed E-state index contributed by atoms with van der Waals surface area (Å²) in [5, 5.41) is 9.95. The van der Waals surface area contributed by atoms with E-state index in [0.717, 1.165) is 52.6 Å². The third-order valence-corrected chi connectivity index (χ3v) is 6.77. The van der Waals surface area contributed by atoms with Crippen LogP contribution >= 0.6 is 0 Å². The zero-order valence-corrected chi connectivity index (χ0v) is 21.4. The monoisotopic (exact) mass is 469 g/mol. The summed E-state index contributed by atoms with van der Waals surface area (Å²) in [6, 6.07) is 16.9. The van der Waals surface area contributed by atoms with Gasteiger partial charge >= 0.3 is 0 Å². The third kappa shape index (κ3) is 5.16. The van der Waals surface area contributed by atoms with E-state index in [4.69, 9.17) is 25.7 Å². The Morgan fingerprint density at radius 1 is 1.09 bits per heavy atom. The maximum absolute atomic E-state index is 8.90. The normalized spacial score (nSPS) is 12.8. The molecule has 1 unspecified atom stereocenters. The number of hydrogen-bond acceptors (Lipinski definition) is 5. The number of anilines is 1. The van der Waals surface area contributed by atoms with Gasteiger partial charge in [-0.15, -0.1) is 0 Å². The molecule has 2 aromatic heterocycles. The predicted molar refractivity (Wildman–Crippen MR) is 142 cm³/mol. The second kappa shape index (κ2) is 10.1. The van der Waals surface area contributed by atoms with Crippen molar-refractivity contribution in [1.29, 1.82) is 5.26 Å². The molecule has 6 nitrogen and oxygen atoms in total. The minimum Gasteiger partial charge on any atom is -0.382 e. The van der Waals surface area contributed by atoms with Crippen LogP contribution in [-0.2, 0) is 24.1 Å². The van der Waals surface area contributed by atoms with Gasteiger partial charge in [-0.2, -0.15) is 5.26 Å². The second-order valence-corrected chi connectivity index (χ2v) is 10.1. The molecule has 0 saturated carbocycles. The van der Waals surface area contributed by atoms with Crippen molar-refractivity contribution < 1.29 is 4.74 Å². The lowest BCUT2D eigenvalue weighted by Gasteiger charge is -2.26. The number of nitrogen functional groups attached to an aromatic ring is 1. The molecule has 0 fully saturated rings. The van der Waals surface area contributed by atoms with Crippen LogP contribution in [-0.4, -0.2) is 27.2 Å². The highest BCUT2D eigenvalue weighted by Crippen LogP contribution is 2.34. The number of nitrogens with two attached hydrogens (primary N) is 1. The van der Waals surface area contributed by atoms with Gasteiger partial charge in [0.15, 0.2) is 5.82 Å². The van der Waals surface area contributed by atoms with Crippen LogP contribution < -0.4 is 5.73 Å². The number of benzene rings is 2. The minimum absolute atomic E-state index is 0.304. The molecule has 0 aliphatic carbocycles. The highest BCUT2D eigenvalue weighted by Gasteiger charge is 2.26. The van der Waals surface area contributed by atoms with Crippen molar-refractivity contribution in [3.8, 4) is 6.07 Å². The number of hydrogen-bond donors (Lipinski definition) is 1. The first-order valence-electron chi connectivity index (χ1n) is 12.3. The second-order valence-electron chi connectivity index (χ2n) is 10.1. The van der Waals surface area contributed by atoms with E-state index in [1.807, 2.05) is 12.1 Å². The molecule has 2 aromatic carbocycles. The fourth-order valence-corrected chi connectivity index (χ4v) is 4.73. The minimum atomic E-state index is -0.351. The molecule has 0 amide bonds. The van der Waals surface area contributed by atoms with Gasteiger partial charge < -0.3 is 15.0 Å². The number of pyridine rings is 1. The van der Waals surface area contributed by atoms with Crippen LogP contribution in [0.2, 0.25) is 0 Å². The fraction of sp³-hybridized carbons (Fsp3) is 0.414. The Morgan fingerprint density at radius 2 is 1.77 bits per heavy atom. The maximum atomic E-state index is 8.90. The zero-order chi connectivity index (χ0) is 25.2. The average Bonchev–Trinajstić information content (AvgIpc) is 3.20. The third-order valence-electron chi connectivity index (χ3n) is 6.77. The molecule has 1 atom stereocenters. The molecule has 4 rings (SSSR count). The van der Waals surface area contributed by atoms with Crippen LogP contribution in [0.5, 0.6) is 0 Å². The highest BCUT2D eigenvalue weighted by molar-refractivity contribution is 6.06. The summed E-state index contributed by atoms with van der Waals surface area (Å²) >= 11 is 0. The Bertz CT molecular complexity index is 1380. The number of imidazole rings is 1. The summed E-state index contributed by atoms with van der Waals surface area (Å²) in [4.78, 5) is 9.77. The molecular weight excluding hydrogens is 434 g/mol. The van der Waals surface area contributed by atoms with E-state index in [1.165, 1.54) is 11.1 Å². The van der Waals surface area contributed by atoms with Gasteiger partial charge in [-0.3, -0.25) is 0 Å². The van der Waals surface area contributed by atoms with Crippen LogP contribution in [0.15, 0.2) is 42.5 Å². The first kappa shape index (κ1) is 24.7. The van der Waals surface area contributed by atoms with Gasteiger partial charge in [-0.05, 0) is 49.4 Å². The van der Waals surface area contributed by atoms with Crippen LogP contribution in [0.4, 0.5) is 5.82 Å². The molecule has 0 spiro atoms. The molecular formula is C29H35N5O. The number of rotatable bonds is 9. The lowest BCUT2D eigenvalue weighted by atomic mass is 10.0. The van der Waals surface area contributed by atoms with Crippen molar-refractivity contribution in [3.63, 3.8) is 0 Å². The molecule has 0 aliphatic rings. The van der Waals surface area contributed by atoms with Gasteiger partial charge in [0, 0.05) is 18.4 Å². The van der Waals surface area contributed by atoms with Crippen molar-refractivity contribution in [2.75, 3.05) is 12.8 Å². The number of methoxy groups -OCH3 is 1. The molecule has 0 bridgehead atoms. The Hall–Kier alpha value is -3.43. The largest absolute Gasteiger partial charge is 0.382 e. The van der Waals surface area contributed by atoms with Gasteiger partial charge in [-0.25, -0.2) is 9.97 Å². The van der Waals surface area contributed by atoms with Gasteiger partial charge in [0.2, 0.25) is 0 Å². The standard InChI is InChI=1S/C29H35N5O/c1-6-7-19(2)28-33-25-26(34(28)18-29(3,4)35-5)23-13-12-22(17-24(23)32-27(25)31)16-21-10-8-20(9-11-21)14-15-30/h8-13,17,19H,6-7,14,16,18H2,1-5H3,(H2,31,32). The summed E-state index contributed by atoms with van der Waals surface area (Å²) in [6.07, 6.45) is 3.37. The van der Waals surface area contributed by atoms with Gasteiger partial charge in [0.1, 0.15) is 11.3 Å². The average molecular weight is 470 g/mol. The van der Waals surface area contributed by atoms with Crippen LogP contribution in [0.1, 0.15) is 69.0 Å². The van der Waals surface area contributed by atoms with Crippen molar-refractivity contribution in [2.24, 2.45) is 0 Å². The topological polar surface area (TPSA) is 89.8 Å². The number of fused-ring (bicyclic) bond motifs is 3. The van der Waals surface area contributed by atoms with Crippen LogP contribution in [0, 0.1) is 11.3 Å². The molecule has 4 aromatic rings. The Balaban J connectivity index is 1.82. The smallest absolute Gasteiger partial charge is 0.152 e. The van der Waals surface area contributed by atoms with E-state index in [9.17, 15) is 0 Å². The van der Waals surface area contributed by atoms with E-state index in [1.54, 1.807) is 7.11 Å². The van der Waals surface area contributed by atoms with Gasteiger partial charge in [0.25, 0.3) is 0 Å². The first-order valence-corrected chi connectivity index (χ1v) is 12.3. The molecule has 35 heavy (non-hydrogen) atoms. The summed E-state index contributed by atoms with van der Waals surface area (Å²) < 4.78 is 8.09. The van der Waals surface area contributed by atoms with Crippen molar-refractivity contribution in [1.82, 2.24) is 14.5 Å².